The van der Waals surface area contributed by atoms with E-state index in [0.717, 1.165) is 13.9 Å². The van der Waals surface area contributed by atoms with E-state index < -0.39 is 0 Å². The van der Waals surface area contributed by atoms with E-state index in [1.54, 1.807) is 10.7 Å². The van der Waals surface area contributed by atoms with Crippen LogP contribution in [0.5, 0.6) is 0 Å². The van der Waals surface area contributed by atoms with Crippen molar-refractivity contribution in [2.45, 2.75) is 0 Å². The average Bonchev–Trinajstić information content (AvgIpc) is 3.07. The molecule has 0 spiro atoms. The molecule has 0 N–H and O–H groups in total. The van der Waals surface area contributed by atoms with E-state index in [1.807, 2.05) is 30.3 Å². The van der Waals surface area contributed by atoms with Gasteiger partial charge < -0.3 is 0 Å². The van der Waals surface area contributed by atoms with Gasteiger partial charge in [-0.3, -0.25) is 4.79 Å². The minimum atomic E-state index is -0.102. The second kappa shape index (κ2) is 5.59. The van der Waals surface area contributed by atoms with Gasteiger partial charge in [0.1, 0.15) is 5.69 Å². The number of carbonyl (C=O) groups is 1. The lowest BCUT2D eigenvalue weighted by Crippen LogP contribution is -2.08. The van der Waals surface area contributed by atoms with Crippen molar-refractivity contribution in [3.8, 4) is 5.69 Å². The third kappa shape index (κ3) is 2.48. The Hall–Kier alpha value is -1.31. The number of para-hydroxylation sites is 1. The minimum Gasteiger partial charge on any atom is -0.286 e. The standard InChI is InChI=1S/C13H7Br2N3OS/c14-9-6-11(20-13(9)15)12(19)10-7-16-17-18(10)8-4-2-1-3-5-8/h1-7H. The lowest BCUT2D eigenvalue weighted by molar-refractivity contribution is 0.103. The molecule has 0 saturated carbocycles. The number of nitrogens with zero attached hydrogens (tertiary/aromatic N) is 3. The Labute approximate surface area is 135 Å². The first-order valence-electron chi connectivity index (χ1n) is 5.62. The van der Waals surface area contributed by atoms with E-state index in [0.29, 0.717) is 10.6 Å². The van der Waals surface area contributed by atoms with Crippen LogP contribution in [-0.2, 0) is 0 Å². The highest BCUT2D eigenvalue weighted by molar-refractivity contribution is 9.13. The van der Waals surface area contributed by atoms with Crippen LogP contribution in [0, 0.1) is 0 Å². The van der Waals surface area contributed by atoms with Gasteiger partial charge in [0.25, 0.3) is 0 Å². The molecule has 1 aromatic carbocycles. The number of hydrogen-bond acceptors (Lipinski definition) is 4. The summed E-state index contributed by atoms with van der Waals surface area (Å²) in [5, 5.41) is 7.84. The van der Waals surface area contributed by atoms with Crippen molar-refractivity contribution >= 4 is 49.0 Å². The van der Waals surface area contributed by atoms with Crippen LogP contribution in [0.25, 0.3) is 5.69 Å². The van der Waals surface area contributed by atoms with Crippen molar-refractivity contribution in [3.05, 3.63) is 61.4 Å². The third-order valence-electron chi connectivity index (χ3n) is 2.65. The molecule has 3 rings (SSSR count). The molecule has 2 aromatic heterocycles. The van der Waals surface area contributed by atoms with Crippen LogP contribution in [0.2, 0.25) is 0 Å². The number of carbonyl (C=O) groups excluding carboxylic acids is 1. The van der Waals surface area contributed by atoms with Gasteiger partial charge in [0.15, 0.2) is 0 Å². The molecule has 100 valence electrons. The minimum absolute atomic E-state index is 0.102. The fourth-order valence-corrected chi connectivity index (χ4v) is 3.72. The molecule has 0 aliphatic heterocycles. The van der Waals surface area contributed by atoms with Gasteiger partial charge in [0.2, 0.25) is 5.78 Å². The van der Waals surface area contributed by atoms with Gasteiger partial charge in [-0.2, -0.15) is 0 Å². The van der Waals surface area contributed by atoms with Gasteiger partial charge >= 0.3 is 0 Å². The van der Waals surface area contributed by atoms with E-state index in [2.05, 4.69) is 42.2 Å². The van der Waals surface area contributed by atoms with Crippen molar-refractivity contribution < 1.29 is 4.79 Å². The first kappa shape index (κ1) is 13.7. The van der Waals surface area contributed by atoms with E-state index in [-0.39, 0.29) is 5.78 Å². The highest BCUT2D eigenvalue weighted by Crippen LogP contribution is 2.33. The summed E-state index contributed by atoms with van der Waals surface area (Å²) < 4.78 is 3.30. The highest BCUT2D eigenvalue weighted by Gasteiger charge is 2.19. The fourth-order valence-electron chi connectivity index (χ4n) is 1.73. The van der Waals surface area contributed by atoms with Gasteiger partial charge in [0, 0.05) is 4.47 Å². The monoisotopic (exact) mass is 411 g/mol. The van der Waals surface area contributed by atoms with E-state index in [9.17, 15) is 4.79 Å². The summed E-state index contributed by atoms with van der Waals surface area (Å²) in [6.45, 7) is 0. The summed E-state index contributed by atoms with van der Waals surface area (Å²) in [7, 11) is 0. The van der Waals surface area contributed by atoms with Crippen molar-refractivity contribution in [1.82, 2.24) is 15.0 Å². The third-order valence-corrected chi connectivity index (χ3v) is 5.91. The maximum absolute atomic E-state index is 12.5. The number of rotatable bonds is 3. The predicted molar refractivity (Wildman–Crippen MR) is 84.5 cm³/mol. The molecule has 0 amide bonds. The Kier molecular flexibility index (Phi) is 3.82. The molecule has 3 aromatic rings. The zero-order valence-corrected chi connectivity index (χ0v) is 13.9. The lowest BCUT2D eigenvalue weighted by atomic mass is 10.2. The molecular formula is C13H7Br2N3OS. The average molecular weight is 413 g/mol. The van der Waals surface area contributed by atoms with Crippen molar-refractivity contribution in [1.29, 1.82) is 0 Å². The molecule has 20 heavy (non-hydrogen) atoms. The van der Waals surface area contributed by atoms with Crippen LogP contribution in [0.1, 0.15) is 15.4 Å². The zero-order valence-electron chi connectivity index (χ0n) is 9.96. The summed E-state index contributed by atoms with van der Waals surface area (Å²) in [4.78, 5) is 13.2. The predicted octanol–water partition coefficient (Wildman–Crippen LogP) is 4.08. The molecule has 0 aliphatic rings. The zero-order chi connectivity index (χ0) is 14.1. The summed E-state index contributed by atoms with van der Waals surface area (Å²) in [6, 6.07) is 11.2. The van der Waals surface area contributed by atoms with Crippen LogP contribution < -0.4 is 0 Å². The largest absolute Gasteiger partial charge is 0.286 e. The summed E-state index contributed by atoms with van der Waals surface area (Å²) in [6.07, 6.45) is 1.48. The van der Waals surface area contributed by atoms with Crippen LogP contribution in [-0.4, -0.2) is 20.8 Å². The number of ketones is 1. The summed E-state index contributed by atoms with van der Waals surface area (Å²) >= 11 is 8.15. The molecule has 0 saturated heterocycles. The van der Waals surface area contributed by atoms with Gasteiger partial charge in [-0.25, -0.2) is 4.68 Å². The Morgan fingerprint density at radius 2 is 1.95 bits per heavy atom. The molecule has 0 atom stereocenters. The second-order valence-electron chi connectivity index (χ2n) is 3.93. The molecule has 4 nitrogen and oxygen atoms in total. The van der Waals surface area contributed by atoms with Crippen LogP contribution >= 0.6 is 43.2 Å². The quantitative estimate of drug-likeness (QED) is 0.609. The highest BCUT2D eigenvalue weighted by atomic mass is 79.9. The molecular weight excluding hydrogens is 406 g/mol. The van der Waals surface area contributed by atoms with Crippen molar-refractivity contribution in [3.63, 3.8) is 0 Å². The fraction of sp³-hybridized carbons (Fsp3) is 0. The summed E-state index contributed by atoms with van der Waals surface area (Å²) in [5.41, 5.74) is 1.25. The lowest BCUT2D eigenvalue weighted by Gasteiger charge is -2.03. The first-order chi connectivity index (χ1) is 9.66. The van der Waals surface area contributed by atoms with Gasteiger partial charge in [-0.15, -0.1) is 16.4 Å². The molecule has 7 heteroatoms. The van der Waals surface area contributed by atoms with Crippen LogP contribution in [0.15, 0.2) is 50.9 Å². The van der Waals surface area contributed by atoms with Crippen molar-refractivity contribution in [2.75, 3.05) is 0 Å². The van der Waals surface area contributed by atoms with E-state index in [1.165, 1.54) is 17.5 Å². The Balaban J connectivity index is 2.04. The molecule has 0 aliphatic carbocycles. The van der Waals surface area contributed by atoms with Crippen molar-refractivity contribution in [2.24, 2.45) is 0 Å². The molecule has 0 radical (unpaired) electrons. The molecule has 0 bridgehead atoms. The second-order valence-corrected chi connectivity index (χ2v) is 7.15. The normalized spacial score (nSPS) is 10.7. The maximum atomic E-state index is 12.5. The van der Waals surface area contributed by atoms with Gasteiger partial charge in [-0.05, 0) is 50.1 Å². The smallest absolute Gasteiger partial charge is 0.223 e. The Bertz CT molecular complexity index is 748. The van der Waals surface area contributed by atoms with Gasteiger partial charge in [-0.1, -0.05) is 23.4 Å². The van der Waals surface area contributed by atoms with Crippen LogP contribution in [0.4, 0.5) is 0 Å². The molecule has 2 heterocycles. The SMILES string of the molecule is O=C(c1cc(Br)c(Br)s1)c1cnnn1-c1ccccc1. The van der Waals surface area contributed by atoms with Crippen LogP contribution in [0.3, 0.4) is 0 Å². The van der Waals surface area contributed by atoms with E-state index in [4.69, 9.17) is 0 Å². The number of hydrogen-bond donors (Lipinski definition) is 0. The molecule has 0 unspecified atom stereocenters. The number of thiophene rings is 1. The number of aromatic nitrogens is 3. The summed E-state index contributed by atoms with van der Waals surface area (Å²) in [5.74, 6) is -0.102. The maximum Gasteiger partial charge on any atom is 0.223 e. The first-order valence-corrected chi connectivity index (χ1v) is 8.02. The Morgan fingerprint density at radius 3 is 2.60 bits per heavy atom. The Morgan fingerprint density at radius 1 is 1.20 bits per heavy atom. The van der Waals surface area contributed by atoms with E-state index >= 15 is 0 Å². The van der Waals surface area contributed by atoms with Gasteiger partial charge in [0.05, 0.1) is 20.5 Å². The number of halogens is 2. The topological polar surface area (TPSA) is 47.8 Å². The number of benzene rings is 1. The molecule has 0 fully saturated rings.